The molecule has 100 valence electrons. The van der Waals surface area contributed by atoms with Crippen molar-refractivity contribution >= 4 is 34.8 Å². The highest BCUT2D eigenvalue weighted by Crippen LogP contribution is 2.34. The van der Waals surface area contributed by atoms with Crippen LogP contribution in [0.25, 0.3) is 11.1 Å². The lowest BCUT2D eigenvalue weighted by Crippen LogP contribution is -2.02. The van der Waals surface area contributed by atoms with Gasteiger partial charge in [-0.1, -0.05) is 60.8 Å². The van der Waals surface area contributed by atoms with Crippen molar-refractivity contribution in [3.05, 3.63) is 45.4 Å². The summed E-state index contributed by atoms with van der Waals surface area (Å²) < 4.78 is 0. The van der Waals surface area contributed by atoms with Crippen LogP contribution in [0.15, 0.2) is 24.3 Å². The highest BCUT2D eigenvalue weighted by Gasteiger charge is 2.16. The second kappa shape index (κ2) is 6.08. The van der Waals surface area contributed by atoms with Gasteiger partial charge in [0.2, 0.25) is 0 Å². The third kappa shape index (κ3) is 3.19. The predicted octanol–water partition coefficient (Wildman–Crippen LogP) is 5.62. The molecule has 0 aliphatic rings. The summed E-state index contributed by atoms with van der Waals surface area (Å²) in [6.07, 6.45) is 0.934. The van der Waals surface area contributed by atoms with Crippen LogP contribution in [-0.4, -0.2) is 9.97 Å². The average molecular weight is 316 g/mol. The summed E-state index contributed by atoms with van der Waals surface area (Å²) >= 11 is 18.5. The normalized spacial score (nSPS) is 12.5. The first kappa shape index (κ1) is 14.6. The van der Waals surface area contributed by atoms with E-state index in [4.69, 9.17) is 34.8 Å². The molecule has 1 aromatic carbocycles. The Bertz CT molecular complexity index is 576. The maximum Gasteiger partial charge on any atom is 0.142 e. The SMILES string of the molecule is CCC(C)c1nc(Cl)c(-c2cccc(Cl)c2)c(Cl)n1. The molecule has 0 spiro atoms. The molecule has 0 aliphatic heterocycles. The number of benzene rings is 1. The highest BCUT2D eigenvalue weighted by molar-refractivity contribution is 6.38. The van der Waals surface area contributed by atoms with Gasteiger partial charge in [-0.2, -0.15) is 0 Å². The minimum Gasteiger partial charge on any atom is -0.220 e. The maximum atomic E-state index is 6.24. The molecule has 1 unspecified atom stereocenters. The zero-order valence-electron chi connectivity index (χ0n) is 10.6. The molecule has 0 aliphatic carbocycles. The average Bonchev–Trinajstić information content (AvgIpc) is 2.37. The van der Waals surface area contributed by atoms with Gasteiger partial charge in [-0.15, -0.1) is 0 Å². The topological polar surface area (TPSA) is 25.8 Å². The minimum absolute atomic E-state index is 0.225. The van der Waals surface area contributed by atoms with Gasteiger partial charge in [0.1, 0.15) is 16.1 Å². The van der Waals surface area contributed by atoms with Crippen LogP contribution in [-0.2, 0) is 0 Å². The van der Waals surface area contributed by atoms with E-state index in [0.29, 0.717) is 26.7 Å². The van der Waals surface area contributed by atoms with Crippen LogP contribution in [0.5, 0.6) is 0 Å². The van der Waals surface area contributed by atoms with Gasteiger partial charge in [-0.25, -0.2) is 9.97 Å². The van der Waals surface area contributed by atoms with E-state index in [0.717, 1.165) is 12.0 Å². The quantitative estimate of drug-likeness (QED) is 0.687. The maximum absolute atomic E-state index is 6.24. The van der Waals surface area contributed by atoms with E-state index in [1.165, 1.54) is 0 Å². The van der Waals surface area contributed by atoms with Crippen LogP contribution in [0, 0.1) is 0 Å². The molecule has 0 radical (unpaired) electrons. The fourth-order valence-electron chi connectivity index (χ4n) is 1.71. The smallest absolute Gasteiger partial charge is 0.142 e. The van der Waals surface area contributed by atoms with Gasteiger partial charge in [-0.3, -0.25) is 0 Å². The molecular weight excluding hydrogens is 303 g/mol. The summed E-state index contributed by atoms with van der Waals surface area (Å²) in [5.41, 5.74) is 1.44. The van der Waals surface area contributed by atoms with Crippen molar-refractivity contribution in [1.82, 2.24) is 9.97 Å². The van der Waals surface area contributed by atoms with Crippen molar-refractivity contribution < 1.29 is 0 Å². The van der Waals surface area contributed by atoms with Gasteiger partial charge in [0.15, 0.2) is 0 Å². The summed E-state index contributed by atoms with van der Waals surface area (Å²) in [5, 5.41) is 1.34. The number of hydrogen-bond donors (Lipinski definition) is 0. The van der Waals surface area contributed by atoms with Crippen LogP contribution >= 0.6 is 34.8 Å². The molecular formula is C14H13Cl3N2. The molecule has 0 saturated carbocycles. The number of halogens is 3. The van der Waals surface area contributed by atoms with Crippen molar-refractivity contribution in [1.29, 1.82) is 0 Å². The standard InChI is InChI=1S/C14H13Cl3N2/c1-3-8(2)14-18-12(16)11(13(17)19-14)9-5-4-6-10(15)7-9/h4-8H,3H2,1-2H3. The van der Waals surface area contributed by atoms with Gasteiger partial charge in [0, 0.05) is 10.9 Å². The molecule has 2 aromatic rings. The Morgan fingerprint density at radius 2 is 1.74 bits per heavy atom. The molecule has 1 atom stereocenters. The lowest BCUT2D eigenvalue weighted by atomic mass is 10.1. The first-order chi connectivity index (χ1) is 9.02. The van der Waals surface area contributed by atoms with Gasteiger partial charge >= 0.3 is 0 Å². The molecule has 19 heavy (non-hydrogen) atoms. The minimum atomic E-state index is 0.225. The Morgan fingerprint density at radius 1 is 1.11 bits per heavy atom. The third-order valence-electron chi connectivity index (χ3n) is 3.00. The predicted molar refractivity (Wildman–Crippen MR) is 81.2 cm³/mol. The number of nitrogens with zero attached hydrogens (tertiary/aromatic N) is 2. The largest absolute Gasteiger partial charge is 0.220 e. The summed E-state index contributed by atoms with van der Waals surface area (Å²) in [6, 6.07) is 7.31. The first-order valence-corrected chi connectivity index (χ1v) is 7.15. The molecule has 0 fully saturated rings. The molecule has 2 nitrogen and oxygen atoms in total. The molecule has 1 aromatic heterocycles. The fourth-order valence-corrected chi connectivity index (χ4v) is 2.52. The highest BCUT2D eigenvalue weighted by atomic mass is 35.5. The Balaban J connectivity index is 2.54. The van der Waals surface area contributed by atoms with Gasteiger partial charge in [0.05, 0.1) is 5.56 Å². The first-order valence-electron chi connectivity index (χ1n) is 6.01. The molecule has 0 amide bonds. The lowest BCUT2D eigenvalue weighted by Gasteiger charge is -2.12. The van der Waals surface area contributed by atoms with E-state index in [-0.39, 0.29) is 5.92 Å². The van der Waals surface area contributed by atoms with E-state index in [9.17, 15) is 0 Å². The second-order valence-electron chi connectivity index (χ2n) is 4.36. The van der Waals surface area contributed by atoms with Crippen LogP contribution in [0.3, 0.4) is 0 Å². The van der Waals surface area contributed by atoms with Crippen molar-refractivity contribution in [3.8, 4) is 11.1 Å². The second-order valence-corrected chi connectivity index (χ2v) is 5.51. The van der Waals surface area contributed by atoms with Gasteiger partial charge in [-0.05, 0) is 24.1 Å². The Kier molecular flexibility index (Phi) is 4.67. The van der Waals surface area contributed by atoms with E-state index < -0.39 is 0 Å². The number of rotatable bonds is 3. The Hall–Kier alpha value is -0.830. The van der Waals surface area contributed by atoms with Crippen molar-refractivity contribution in [3.63, 3.8) is 0 Å². The number of hydrogen-bond acceptors (Lipinski definition) is 2. The Morgan fingerprint density at radius 3 is 2.26 bits per heavy atom. The van der Waals surface area contributed by atoms with Gasteiger partial charge < -0.3 is 0 Å². The zero-order valence-corrected chi connectivity index (χ0v) is 12.9. The zero-order chi connectivity index (χ0) is 14.0. The summed E-state index contributed by atoms with van der Waals surface area (Å²) in [4.78, 5) is 8.68. The van der Waals surface area contributed by atoms with Crippen molar-refractivity contribution in [2.45, 2.75) is 26.2 Å². The van der Waals surface area contributed by atoms with E-state index in [1.807, 2.05) is 19.1 Å². The number of aromatic nitrogens is 2. The lowest BCUT2D eigenvalue weighted by molar-refractivity contribution is 0.679. The van der Waals surface area contributed by atoms with Crippen LogP contribution < -0.4 is 0 Å². The molecule has 0 saturated heterocycles. The van der Waals surface area contributed by atoms with Gasteiger partial charge in [0.25, 0.3) is 0 Å². The van der Waals surface area contributed by atoms with Crippen molar-refractivity contribution in [2.75, 3.05) is 0 Å². The van der Waals surface area contributed by atoms with Crippen LogP contribution in [0.1, 0.15) is 32.0 Å². The summed E-state index contributed by atoms with van der Waals surface area (Å²) in [7, 11) is 0. The third-order valence-corrected chi connectivity index (χ3v) is 3.79. The summed E-state index contributed by atoms with van der Waals surface area (Å²) in [6.45, 7) is 4.11. The van der Waals surface area contributed by atoms with Crippen LogP contribution in [0.2, 0.25) is 15.3 Å². The monoisotopic (exact) mass is 314 g/mol. The fraction of sp³-hybridized carbons (Fsp3) is 0.286. The molecule has 2 rings (SSSR count). The van der Waals surface area contributed by atoms with E-state index in [2.05, 4.69) is 16.9 Å². The van der Waals surface area contributed by atoms with Crippen molar-refractivity contribution in [2.24, 2.45) is 0 Å². The van der Waals surface area contributed by atoms with Crippen LogP contribution in [0.4, 0.5) is 0 Å². The van der Waals surface area contributed by atoms with E-state index >= 15 is 0 Å². The molecule has 1 heterocycles. The molecule has 0 N–H and O–H groups in total. The summed E-state index contributed by atoms with van der Waals surface area (Å²) in [5.74, 6) is 0.895. The van der Waals surface area contributed by atoms with E-state index in [1.54, 1.807) is 12.1 Å². The Labute approximate surface area is 127 Å². The molecule has 5 heteroatoms. The molecule has 0 bridgehead atoms.